The molecule has 0 saturated carbocycles. The summed E-state index contributed by atoms with van der Waals surface area (Å²) in [5.74, 6) is -0.702. The summed E-state index contributed by atoms with van der Waals surface area (Å²) in [4.78, 5) is 39.6. The maximum Gasteiger partial charge on any atom is 0.242 e. The van der Waals surface area contributed by atoms with Crippen molar-refractivity contribution in [2.75, 3.05) is 13.1 Å². The predicted molar refractivity (Wildman–Crippen MR) is 118 cm³/mol. The molecule has 0 fully saturated rings. The largest absolute Gasteiger partial charge is 0.370 e. The average Bonchev–Trinajstić information content (AvgIpc) is 2.73. The quantitative estimate of drug-likeness (QED) is 0.123. The number of aldehydes is 1. The van der Waals surface area contributed by atoms with Gasteiger partial charge in [-0.3, -0.25) is 14.6 Å². The number of amides is 2. The van der Waals surface area contributed by atoms with Gasteiger partial charge in [0.05, 0.1) is 12.1 Å². The first-order chi connectivity index (χ1) is 14.3. The molecule has 166 valence electrons. The highest BCUT2D eigenvalue weighted by Gasteiger charge is 2.21. The Morgan fingerprint density at radius 3 is 2.33 bits per heavy atom. The van der Waals surface area contributed by atoms with Gasteiger partial charge < -0.3 is 32.2 Å². The van der Waals surface area contributed by atoms with Gasteiger partial charge in [0.15, 0.2) is 5.96 Å². The van der Waals surface area contributed by atoms with Gasteiger partial charge in [-0.1, -0.05) is 30.3 Å². The minimum atomic E-state index is -0.758. The summed E-state index contributed by atoms with van der Waals surface area (Å²) >= 11 is 0. The third kappa shape index (κ3) is 10.6. The van der Waals surface area contributed by atoms with Gasteiger partial charge in [0, 0.05) is 6.54 Å². The fourth-order valence-electron chi connectivity index (χ4n) is 2.75. The van der Waals surface area contributed by atoms with E-state index >= 15 is 0 Å². The van der Waals surface area contributed by atoms with Crippen LogP contribution in [0.15, 0.2) is 35.3 Å². The molecule has 0 aromatic heterocycles. The predicted octanol–water partition coefficient (Wildman–Crippen LogP) is -0.161. The van der Waals surface area contributed by atoms with Gasteiger partial charge in [-0.15, -0.1) is 0 Å². The molecule has 0 saturated heterocycles. The lowest BCUT2D eigenvalue weighted by molar-refractivity contribution is -0.130. The van der Waals surface area contributed by atoms with Crippen molar-refractivity contribution < 1.29 is 14.4 Å². The zero-order valence-electron chi connectivity index (χ0n) is 17.8. The number of hydrogen-bond donors (Lipinski definition) is 5. The lowest BCUT2D eigenvalue weighted by Gasteiger charge is -2.20. The number of carbonyl (C=O) groups excluding carboxylic acids is 3. The van der Waals surface area contributed by atoms with Crippen molar-refractivity contribution >= 4 is 24.1 Å². The average molecular weight is 419 g/mol. The van der Waals surface area contributed by atoms with E-state index in [1.54, 1.807) is 13.8 Å². The molecule has 0 aliphatic heterocycles. The van der Waals surface area contributed by atoms with E-state index in [-0.39, 0.29) is 11.9 Å². The van der Waals surface area contributed by atoms with Crippen LogP contribution in [0.25, 0.3) is 0 Å². The number of aliphatic imine (C=N–C) groups is 1. The minimum absolute atomic E-state index is 0.0131. The van der Waals surface area contributed by atoms with Crippen LogP contribution in [0, 0.1) is 0 Å². The number of nitrogens with one attached hydrogen (secondary N) is 3. The van der Waals surface area contributed by atoms with Crippen molar-refractivity contribution in [3.05, 3.63) is 35.9 Å². The molecule has 0 spiro atoms. The monoisotopic (exact) mass is 418 g/mol. The third-order valence-corrected chi connectivity index (χ3v) is 4.54. The van der Waals surface area contributed by atoms with Gasteiger partial charge in [-0.05, 0) is 51.6 Å². The molecule has 0 aliphatic carbocycles. The Bertz CT molecular complexity index is 691. The molecule has 2 amide bonds. The Labute approximate surface area is 178 Å². The normalized spacial score (nSPS) is 13.5. The molecule has 9 nitrogen and oxygen atoms in total. The molecule has 9 heteroatoms. The van der Waals surface area contributed by atoms with Crippen LogP contribution in [0.1, 0.15) is 38.7 Å². The van der Waals surface area contributed by atoms with Gasteiger partial charge in [-0.2, -0.15) is 0 Å². The molecule has 7 N–H and O–H groups in total. The van der Waals surface area contributed by atoms with Crippen molar-refractivity contribution in [3.63, 3.8) is 0 Å². The number of rotatable bonds is 14. The Balaban J connectivity index is 2.30. The van der Waals surface area contributed by atoms with Gasteiger partial charge in [0.1, 0.15) is 12.3 Å². The summed E-state index contributed by atoms with van der Waals surface area (Å²) < 4.78 is 0. The van der Waals surface area contributed by atoms with E-state index in [1.807, 2.05) is 18.2 Å². The summed E-state index contributed by atoms with van der Waals surface area (Å²) in [5, 5.41) is 8.44. The molecule has 30 heavy (non-hydrogen) atoms. The Morgan fingerprint density at radius 2 is 1.70 bits per heavy atom. The topological polar surface area (TPSA) is 152 Å². The number of aryl methyl sites for hydroxylation is 1. The molecule has 0 aliphatic rings. The van der Waals surface area contributed by atoms with Crippen molar-refractivity contribution in [2.45, 2.75) is 57.7 Å². The minimum Gasteiger partial charge on any atom is -0.370 e. The van der Waals surface area contributed by atoms with Gasteiger partial charge >= 0.3 is 0 Å². The summed E-state index contributed by atoms with van der Waals surface area (Å²) in [6.45, 7) is 4.40. The van der Waals surface area contributed by atoms with Crippen LogP contribution in [-0.4, -0.2) is 55.3 Å². The number of hydrogen-bond acceptors (Lipinski definition) is 5. The lowest BCUT2D eigenvalue weighted by atomic mass is 10.1. The molecule has 0 bridgehead atoms. The van der Waals surface area contributed by atoms with Crippen LogP contribution in [-0.2, 0) is 20.8 Å². The van der Waals surface area contributed by atoms with E-state index in [4.69, 9.17) is 11.5 Å². The lowest BCUT2D eigenvalue weighted by Crippen LogP contribution is -2.52. The van der Waals surface area contributed by atoms with Crippen molar-refractivity contribution in [1.82, 2.24) is 16.0 Å². The molecule has 0 radical (unpaired) electrons. The molecule has 1 rings (SSSR count). The summed E-state index contributed by atoms with van der Waals surface area (Å²) in [7, 11) is 0. The smallest absolute Gasteiger partial charge is 0.242 e. The molecule has 1 aromatic rings. The maximum absolute atomic E-state index is 12.3. The van der Waals surface area contributed by atoms with E-state index in [0.717, 1.165) is 12.8 Å². The van der Waals surface area contributed by atoms with E-state index in [0.29, 0.717) is 32.2 Å². The van der Waals surface area contributed by atoms with E-state index in [1.165, 1.54) is 5.56 Å². The van der Waals surface area contributed by atoms with Crippen LogP contribution < -0.4 is 27.4 Å². The van der Waals surface area contributed by atoms with Crippen LogP contribution in [0.2, 0.25) is 0 Å². The van der Waals surface area contributed by atoms with E-state index < -0.39 is 24.0 Å². The summed E-state index contributed by atoms with van der Waals surface area (Å²) in [6.07, 6.45) is 3.45. The fourth-order valence-corrected chi connectivity index (χ4v) is 2.75. The summed E-state index contributed by atoms with van der Waals surface area (Å²) in [5.41, 5.74) is 11.7. The zero-order chi connectivity index (χ0) is 22.4. The van der Waals surface area contributed by atoms with Crippen LogP contribution >= 0.6 is 0 Å². The summed E-state index contributed by atoms with van der Waals surface area (Å²) in [6, 6.07) is 8.29. The van der Waals surface area contributed by atoms with Crippen molar-refractivity contribution in [2.24, 2.45) is 16.5 Å². The molecular weight excluding hydrogens is 384 g/mol. The molecule has 3 atom stereocenters. The second-order valence-electron chi connectivity index (χ2n) is 7.20. The standard InChI is InChI=1S/C21H34N6O3/c1-15(24-12-6-10-17-8-4-3-5-9-17)19(29)26-16(2)20(30)27-18(14-28)11-7-13-25-21(22)23/h3-5,8-9,14-16,18,24H,6-7,10-13H2,1-2H3,(H,26,29)(H,27,30)(H4,22,23,25)/t15?,16-,18-/m0/s1. The third-order valence-electron chi connectivity index (χ3n) is 4.54. The van der Waals surface area contributed by atoms with Gasteiger partial charge in [0.2, 0.25) is 11.8 Å². The van der Waals surface area contributed by atoms with E-state index in [2.05, 4.69) is 33.1 Å². The van der Waals surface area contributed by atoms with Crippen LogP contribution in [0.5, 0.6) is 0 Å². The van der Waals surface area contributed by atoms with Gasteiger partial charge in [-0.25, -0.2) is 0 Å². The van der Waals surface area contributed by atoms with Crippen molar-refractivity contribution in [3.8, 4) is 0 Å². The van der Waals surface area contributed by atoms with Crippen molar-refractivity contribution in [1.29, 1.82) is 0 Å². The Kier molecular flexibility index (Phi) is 11.8. The Morgan fingerprint density at radius 1 is 1.03 bits per heavy atom. The first-order valence-corrected chi connectivity index (χ1v) is 10.2. The van der Waals surface area contributed by atoms with Crippen LogP contribution in [0.3, 0.4) is 0 Å². The molecular formula is C21H34N6O3. The van der Waals surface area contributed by atoms with Crippen LogP contribution in [0.4, 0.5) is 0 Å². The highest BCUT2D eigenvalue weighted by Crippen LogP contribution is 2.02. The number of guanidine groups is 1. The number of carbonyl (C=O) groups is 3. The molecule has 0 heterocycles. The molecule has 1 aromatic carbocycles. The van der Waals surface area contributed by atoms with E-state index in [9.17, 15) is 14.4 Å². The maximum atomic E-state index is 12.3. The first kappa shape index (κ1) is 25.1. The highest BCUT2D eigenvalue weighted by molar-refractivity contribution is 5.90. The number of benzene rings is 1. The fraction of sp³-hybridized carbons (Fsp3) is 0.524. The van der Waals surface area contributed by atoms with Gasteiger partial charge in [0.25, 0.3) is 0 Å². The second-order valence-corrected chi connectivity index (χ2v) is 7.20. The number of nitrogens with zero attached hydrogens (tertiary/aromatic N) is 1. The SMILES string of the molecule is CC(NCCCc1ccccc1)C(=O)N[C@@H](C)C(=O)N[C@H](C=O)CCCN=C(N)N. The number of nitrogens with two attached hydrogens (primary N) is 2. The first-order valence-electron chi connectivity index (χ1n) is 10.2. The highest BCUT2D eigenvalue weighted by atomic mass is 16.2. The molecule has 1 unspecified atom stereocenters. The zero-order valence-corrected chi connectivity index (χ0v) is 17.8. The Hall–Kier alpha value is -2.94. The second kappa shape index (κ2) is 14.1.